The molecule has 1 saturated heterocycles. The highest BCUT2D eigenvalue weighted by Gasteiger charge is 2.46. The third kappa shape index (κ3) is 2.64. The molecule has 2 nitrogen and oxygen atoms in total. The lowest BCUT2D eigenvalue weighted by Gasteiger charge is -2.49. The molecule has 1 N–H and O–H groups in total. The maximum Gasteiger partial charge on any atom is 0.0349 e. The largest absolute Gasteiger partial charge is 0.308 e. The SMILES string of the molecule is CCC(c1ccccc1)N1CC(C)(C2CC2)NCC1C. The zero-order chi connectivity index (χ0) is 14.2. The standard InChI is InChI=1S/C18H28N2/c1-4-17(15-8-6-5-7-9-15)20-13-18(3,16-10-11-16)19-12-14(20)2/h5-9,14,16-17,19H,4,10-13H2,1-3H3. The highest BCUT2D eigenvalue weighted by molar-refractivity contribution is 5.20. The van der Waals surface area contributed by atoms with Gasteiger partial charge in [-0.3, -0.25) is 4.90 Å². The van der Waals surface area contributed by atoms with E-state index in [2.05, 4.69) is 61.3 Å². The van der Waals surface area contributed by atoms with Gasteiger partial charge in [-0.2, -0.15) is 0 Å². The fraction of sp³-hybridized carbons (Fsp3) is 0.667. The summed E-state index contributed by atoms with van der Waals surface area (Å²) >= 11 is 0. The summed E-state index contributed by atoms with van der Waals surface area (Å²) in [5.41, 5.74) is 1.80. The molecule has 1 aromatic carbocycles. The average molecular weight is 272 g/mol. The molecule has 110 valence electrons. The lowest BCUT2D eigenvalue weighted by Crippen LogP contribution is -2.63. The van der Waals surface area contributed by atoms with Crippen molar-refractivity contribution in [2.45, 2.75) is 57.7 Å². The van der Waals surface area contributed by atoms with Gasteiger partial charge < -0.3 is 5.32 Å². The minimum Gasteiger partial charge on any atom is -0.308 e. The van der Waals surface area contributed by atoms with Gasteiger partial charge in [-0.25, -0.2) is 0 Å². The van der Waals surface area contributed by atoms with E-state index in [1.54, 1.807) is 0 Å². The molecule has 1 aliphatic heterocycles. The lowest BCUT2D eigenvalue weighted by atomic mass is 9.88. The van der Waals surface area contributed by atoms with Crippen LogP contribution in [-0.2, 0) is 0 Å². The Morgan fingerprint density at radius 2 is 2.00 bits per heavy atom. The van der Waals surface area contributed by atoms with E-state index >= 15 is 0 Å². The van der Waals surface area contributed by atoms with Gasteiger partial charge >= 0.3 is 0 Å². The molecule has 1 aliphatic carbocycles. The van der Waals surface area contributed by atoms with Crippen molar-refractivity contribution in [1.82, 2.24) is 10.2 Å². The summed E-state index contributed by atoms with van der Waals surface area (Å²) in [4.78, 5) is 2.74. The maximum absolute atomic E-state index is 3.83. The van der Waals surface area contributed by atoms with Gasteiger partial charge in [0.15, 0.2) is 0 Å². The molecular weight excluding hydrogens is 244 g/mol. The predicted molar refractivity (Wildman–Crippen MR) is 84.8 cm³/mol. The Kier molecular flexibility index (Phi) is 3.87. The molecule has 2 heteroatoms. The van der Waals surface area contributed by atoms with E-state index in [1.165, 1.54) is 31.4 Å². The Bertz CT molecular complexity index is 440. The van der Waals surface area contributed by atoms with E-state index in [4.69, 9.17) is 0 Å². The fourth-order valence-corrected chi connectivity index (χ4v) is 3.84. The summed E-state index contributed by atoms with van der Waals surface area (Å²) in [6, 6.07) is 12.2. The molecular formula is C18H28N2. The Balaban J connectivity index is 1.82. The Morgan fingerprint density at radius 3 is 2.60 bits per heavy atom. The summed E-state index contributed by atoms with van der Waals surface area (Å²) < 4.78 is 0. The minimum absolute atomic E-state index is 0.328. The Morgan fingerprint density at radius 1 is 1.30 bits per heavy atom. The molecule has 2 fully saturated rings. The topological polar surface area (TPSA) is 15.3 Å². The van der Waals surface area contributed by atoms with Crippen LogP contribution in [0.1, 0.15) is 51.6 Å². The highest BCUT2D eigenvalue weighted by atomic mass is 15.3. The lowest BCUT2D eigenvalue weighted by molar-refractivity contribution is 0.0437. The fourth-order valence-electron chi connectivity index (χ4n) is 3.84. The Hall–Kier alpha value is -0.860. The summed E-state index contributed by atoms with van der Waals surface area (Å²) in [5, 5.41) is 3.83. The van der Waals surface area contributed by atoms with Gasteiger partial charge in [0.25, 0.3) is 0 Å². The summed E-state index contributed by atoms with van der Waals surface area (Å²) in [6.07, 6.45) is 4.01. The van der Waals surface area contributed by atoms with Crippen molar-refractivity contribution >= 4 is 0 Å². The van der Waals surface area contributed by atoms with Crippen molar-refractivity contribution < 1.29 is 0 Å². The first-order valence-corrected chi connectivity index (χ1v) is 8.20. The second kappa shape index (κ2) is 5.50. The zero-order valence-corrected chi connectivity index (χ0v) is 13.1. The van der Waals surface area contributed by atoms with Gasteiger partial charge in [-0.15, -0.1) is 0 Å². The van der Waals surface area contributed by atoms with Crippen LogP contribution in [0, 0.1) is 5.92 Å². The number of piperazine rings is 1. The first kappa shape index (κ1) is 14.1. The Labute approximate surface area is 123 Å². The molecule has 0 bridgehead atoms. The minimum atomic E-state index is 0.328. The van der Waals surface area contributed by atoms with Gasteiger partial charge in [-0.1, -0.05) is 37.3 Å². The second-order valence-corrected chi connectivity index (χ2v) is 6.93. The molecule has 0 radical (unpaired) electrons. The number of hydrogen-bond donors (Lipinski definition) is 1. The quantitative estimate of drug-likeness (QED) is 0.901. The molecule has 2 aliphatic rings. The predicted octanol–water partition coefficient (Wildman–Crippen LogP) is 3.60. The van der Waals surface area contributed by atoms with E-state index in [-0.39, 0.29) is 0 Å². The third-order valence-electron chi connectivity index (χ3n) is 5.33. The summed E-state index contributed by atoms with van der Waals surface area (Å²) in [6.45, 7) is 9.43. The average Bonchev–Trinajstić information content (AvgIpc) is 3.30. The number of hydrogen-bond acceptors (Lipinski definition) is 2. The van der Waals surface area contributed by atoms with Gasteiger partial charge in [0.1, 0.15) is 0 Å². The van der Waals surface area contributed by atoms with Crippen LogP contribution in [0.25, 0.3) is 0 Å². The van der Waals surface area contributed by atoms with Gasteiger partial charge in [0, 0.05) is 30.7 Å². The summed E-state index contributed by atoms with van der Waals surface area (Å²) in [7, 11) is 0. The molecule has 1 heterocycles. The highest BCUT2D eigenvalue weighted by Crippen LogP contribution is 2.43. The van der Waals surface area contributed by atoms with Crippen LogP contribution < -0.4 is 5.32 Å². The van der Waals surface area contributed by atoms with E-state index in [9.17, 15) is 0 Å². The van der Waals surface area contributed by atoms with E-state index < -0.39 is 0 Å². The van der Waals surface area contributed by atoms with Crippen LogP contribution in [0.15, 0.2) is 30.3 Å². The van der Waals surface area contributed by atoms with Crippen molar-refractivity contribution in [1.29, 1.82) is 0 Å². The van der Waals surface area contributed by atoms with Crippen molar-refractivity contribution in [2.75, 3.05) is 13.1 Å². The van der Waals surface area contributed by atoms with Gasteiger partial charge in [-0.05, 0) is 44.6 Å². The van der Waals surface area contributed by atoms with Crippen molar-refractivity contribution in [3.05, 3.63) is 35.9 Å². The number of rotatable bonds is 4. The van der Waals surface area contributed by atoms with Crippen molar-refractivity contribution in [3.63, 3.8) is 0 Å². The molecule has 20 heavy (non-hydrogen) atoms. The first-order chi connectivity index (χ1) is 9.64. The smallest absolute Gasteiger partial charge is 0.0349 e. The third-order valence-corrected chi connectivity index (χ3v) is 5.33. The molecule has 3 atom stereocenters. The normalized spacial score (nSPS) is 33.0. The van der Waals surface area contributed by atoms with Crippen molar-refractivity contribution in [2.24, 2.45) is 5.92 Å². The van der Waals surface area contributed by atoms with E-state index in [0.717, 1.165) is 12.5 Å². The van der Waals surface area contributed by atoms with Crippen LogP contribution in [0.3, 0.4) is 0 Å². The number of nitrogens with one attached hydrogen (secondary N) is 1. The molecule has 0 aromatic heterocycles. The molecule has 0 amide bonds. The van der Waals surface area contributed by atoms with Crippen LogP contribution in [-0.4, -0.2) is 29.6 Å². The maximum atomic E-state index is 3.83. The first-order valence-electron chi connectivity index (χ1n) is 8.20. The number of nitrogens with zero attached hydrogens (tertiary/aromatic N) is 1. The second-order valence-electron chi connectivity index (χ2n) is 6.93. The molecule has 3 unspecified atom stereocenters. The van der Waals surface area contributed by atoms with Gasteiger partial charge in [0.2, 0.25) is 0 Å². The van der Waals surface area contributed by atoms with Gasteiger partial charge in [0.05, 0.1) is 0 Å². The van der Waals surface area contributed by atoms with Crippen LogP contribution in [0.4, 0.5) is 0 Å². The monoisotopic (exact) mass is 272 g/mol. The molecule has 3 rings (SSSR count). The van der Waals surface area contributed by atoms with Crippen LogP contribution >= 0.6 is 0 Å². The molecule has 1 aromatic rings. The summed E-state index contributed by atoms with van der Waals surface area (Å²) in [5.74, 6) is 0.894. The zero-order valence-electron chi connectivity index (χ0n) is 13.1. The molecule has 1 saturated carbocycles. The van der Waals surface area contributed by atoms with E-state index in [0.29, 0.717) is 17.6 Å². The number of benzene rings is 1. The van der Waals surface area contributed by atoms with Crippen molar-refractivity contribution in [3.8, 4) is 0 Å². The molecule has 0 spiro atoms. The van der Waals surface area contributed by atoms with E-state index in [1.807, 2.05) is 0 Å². The van der Waals surface area contributed by atoms with Crippen LogP contribution in [0.5, 0.6) is 0 Å². The van der Waals surface area contributed by atoms with Crippen LogP contribution in [0.2, 0.25) is 0 Å².